The maximum atomic E-state index is 6.37. The molecular formula is C62H38N6O. The summed E-state index contributed by atoms with van der Waals surface area (Å²) >= 11 is 0. The van der Waals surface area contributed by atoms with E-state index >= 15 is 0 Å². The third-order valence-corrected chi connectivity index (χ3v) is 13.5. The van der Waals surface area contributed by atoms with Crippen LogP contribution in [0.25, 0.3) is 133 Å². The van der Waals surface area contributed by atoms with Gasteiger partial charge in [-0.3, -0.25) is 4.57 Å². The lowest BCUT2D eigenvalue weighted by molar-refractivity contribution is 0.654. The summed E-state index contributed by atoms with van der Waals surface area (Å²) in [6.07, 6.45) is 1.77. The van der Waals surface area contributed by atoms with Crippen LogP contribution in [0.4, 0.5) is 0 Å². The normalized spacial score (nSPS) is 11.8. The van der Waals surface area contributed by atoms with Gasteiger partial charge in [0.2, 0.25) is 11.7 Å². The van der Waals surface area contributed by atoms with Crippen molar-refractivity contribution >= 4 is 65.7 Å². The maximum absolute atomic E-state index is 6.37. The van der Waals surface area contributed by atoms with E-state index in [1.165, 1.54) is 21.9 Å². The van der Waals surface area contributed by atoms with Gasteiger partial charge in [-0.2, -0.15) is 9.97 Å². The highest BCUT2D eigenvalue weighted by atomic mass is 16.3. The Labute approximate surface area is 395 Å². The number of aromatic nitrogens is 6. The Bertz CT molecular complexity index is 4270. The summed E-state index contributed by atoms with van der Waals surface area (Å²) in [6, 6.07) is 79.0. The molecule has 9 aromatic carbocycles. The van der Waals surface area contributed by atoms with Crippen molar-refractivity contribution in [3.8, 4) is 67.8 Å². The molecule has 0 aliphatic carbocycles. The predicted octanol–water partition coefficient (Wildman–Crippen LogP) is 15.7. The number of furan rings is 1. The largest absolute Gasteiger partial charge is 0.438 e. The lowest BCUT2D eigenvalue weighted by Gasteiger charge is -2.17. The third kappa shape index (κ3) is 6.29. The van der Waals surface area contributed by atoms with Gasteiger partial charge in [-0.25, -0.2) is 9.97 Å². The second-order valence-electron chi connectivity index (χ2n) is 17.4. The number of rotatable bonds is 7. The van der Waals surface area contributed by atoms with Crippen molar-refractivity contribution < 1.29 is 4.42 Å². The van der Waals surface area contributed by atoms with Gasteiger partial charge in [-0.05, 0) is 101 Å². The van der Waals surface area contributed by atoms with E-state index in [0.29, 0.717) is 23.3 Å². The van der Waals surface area contributed by atoms with Crippen LogP contribution in [0.2, 0.25) is 0 Å². The molecule has 5 aromatic heterocycles. The highest BCUT2D eigenvalue weighted by molar-refractivity contribution is 6.24. The van der Waals surface area contributed by atoms with Gasteiger partial charge >= 0.3 is 0 Å². The molecule has 14 rings (SSSR count). The van der Waals surface area contributed by atoms with Crippen molar-refractivity contribution in [1.82, 2.24) is 29.1 Å². The zero-order chi connectivity index (χ0) is 45.4. The zero-order valence-electron chi connectivity index (χ0n) is 37.0. The van der Waals surface area contributed by atoms with Crippen LogP contribution in [0.1, 0.15) is 0 Å². The molecule has 5 heterocycles. The Hall–Kier alpha value is -9.46. The number of nitrogens with zero attached hydrogens (tertiary/aromatic N) is 6. The molecule has 0 fully saturated rings. The van der Waals surface area contributed by atoms with Gasteiger partial charge in [0.15, 0.2) is 11.6 Å². The molecule has 7 heteroatoms. The van der Waals surface area contributed by atoms with E-state index in [1.807, 2.05) is 30.3 Å². The van der Waals surface area contributed by atoms with Gasteiger partial charge in [0.25, 0.3) is 0 Å². The second kappa shape index (κ2) is 15.6. The predicted molar refractivity (Wildman–Crippen MR) is 281 cm³/mol. The molecule has 69 heavy (non-hydrogen) atoms. The molecule has 0 atom stereocenters. The summed E-state index contributed by atoms with van der Waals surface area (Å²) in [4.78, 5) is 20.7. The SMILES string of the molecule is c1ccc(-c2cccc(-c3cccc(-c4cc(-c5nc(-c6ccccc6)nc(-n6c7ccccc7c7ccc8oc9ncccc9c8c76)n5)ccc4-n4c5ccccc5c5ccccc54)c3)c2)cc1. The first kappa shape index (κ1) is 38.8. The standard InChI is InChI=1S/C62H38N6O/c1-3-16-39(17-4-1)41-20-13-21-42(36-41)43-22-14-23-44(37-43)51-38-45(31-33-55(51)67-52-28-10-7-24-46(52)47-25-8-11-29-53(47)67)60-64-59(40-18-5-2-6-19-40)65-62(66-60)68-54-30-12-9-26-48(54)49-32-34-56-57(58(49)68)50-27-15-35-63-61(50)69-56/h1-38H. The summed E-state index contributed by atoms with van der Waals surface area (Å²) in [5, 5.41) is 6.44. The van der Waals surface area contributed by atoms with E-state index in [2.05, 4.69) is 208 Å². The molecule has 14 aromatic rings. The molecule has 0 aliphatic heterocycles. The Morgan fingerprint density at radius 1 is 0.348 bits per heavy atom. The first-order chi connectivity index (χ1) is 34.2. The molecule has 0 saturated carbocycles. The van der Waals surface area contributed by atoms with Crippen molar-refractivity contribution in [2.45, 2.75) is 0 Å². The van der Waals surface area contributed by atoms with Crippen molar-refractivity contribution in [2.75, 3.05) is 0 Å². The summed E-state index contributed by atoms with van der Waals surface area (Å²) in [7, 11) is 0. The smallest absolute Gasteiger partial charge is 0.238 e. The van der Waals surface area contributed by atoms with Gasteiger partial charge in [0, 0.05) is 44.4 Å². The van der Waals surface area contributed by atoms with Crippen LogP contribution in [0.5, 0.6) is 0 Å². The summed E-state index contributed by atoms with van der Waals surface area (Å²) in [5.41, 5.74) is 15.1. The van der Waals surface area contributed by atoms with Crippen molar-refractivity contribution in [1.29, 1.82) is 0 Å². The summed E-state index contributed by atoms with van der Waals surface area (Å²) in [5.74, 6) is 1.63. The second-order valence-corrected chi connectivity index (χ2v) is 17.4. The molecule has 322 valence electrons. The topological polar surface area (TPSA) is 74.6 Å². The van der Waals surface area contributed by atoms with Crippen LogP contribution < -0.4 is 0 Å². The van der Waals surface area contributed by atoms with E-state index < -0.39 is 0 Å². The first-order valence-electron chi connectivity index (χ1n) is 23.1. The van der Waals surface area contributed by atoms with Crippen LogP contribution in [0.3, 0.4) is 0 Å². The Morgan fingerprint density at radius 3 is 1.58 bits per heavy atom. The van der Waals surface area contributed by atoms with Crippen LogP contribution in [0.15, 0.2) is 235 Å². The van der Waals surface area contributed by atoms with Gasteiger partial charge in [-0.15, -0.1) is 0 Å². The minimum absolute atomic E-state index is 0.504. The molecular weight excluding hydrogens is 845 g/mol. The zero-order valence-corrected chi connectivity index (χ0v) is 37.0. The number of hydrogen-bond donors (Lipinski definition) is 0. The third-order valence-electron chi connectivity index (χ3n) is 13.5. The molecule has 0 bridgehead atoms. The van der Waals surface area contributed by atoms with Crippen LogP contribution in [-0.2, 0) is 0 Å². The van der Waals surface area contributed by atoms with Crippen molar-refractivity contribution in [2.24, 2.45) is 0 Å². The van der Waals surface area contributed by atoms with Gasteiger partial charge in [-0.1, -0.05) is 152 Å². The molecule has 0 aliphatic rings. The average Bonchev–Trinajstić information content (AvgIpc) is 4.09. The monoisotopic (exact) mass is 882 g/mol. The van der Waals surface area contributed by atoms with Gasteiger partial charge < -0.3 is 8.98 Å². The minimum atomic E-state index is 0.504. The maximum Gasteiger partial charge on any atom is 0.238 e. The summed E-state index contributed by atoms with van der Waals surface area (Å²) < 4.78 is 10.9. The molecule has 0 N–H and O–H groups in total. The highest BCUT2D eigenvalue weighted by Gasteiger charge is 2.24. The average molecular weight is 883 g/mol. The number of benzene rings is 9. The van der Waals surface area contributed by atoms with E-state index in [4.69, 9.17) is 19.4 Å². The first-order valence-corrected chi connectivity index (χ1v) is 23.1. The van der Waals surface area contributed by atoms with Crippen molar-refractivity contribution in [3.63, 3.8) is 0 Å². The quantitative estimate of drug-likeness (QED) is 0.159. The van der Waals surface area contributed by atoms with Gasteiger partial charge in [0.1, 0.15) is 5.58 Å². The van der Waals surface area contributed by atoms with E-state index in [1.54, 1.807) is 6.20 Å². The molecule has 0 saturated heterocycles. The molecule has 0 spiro atoms. The molecule has 0 amide bonds. The van der Waals surface area contributed by atoms with Crippen LogP contribution >= 0.6 is 0 Å². The number of pyridine rings is 1. The fraction of sp³-hybridized carbons (Fsp3) is 0. The Morgan fingerprint density at radius 2 is 0.884 bits per heavy atom. The van der Waals surface area contributed by atoms with E-state index in [0.717, 1.165) is 88.3 Å². The van der Waals surface area contributed by atoms with Crippen molar-refractivity contribution in [3.05, 3.63) is 231 Å². The molecule has 7 nitrogen and oxygen atoms in total. The number of fused-ring (bicyclic) bond motifs is 10. The van der Waals surface area contributed by atoms with Crippen LogP contribution in [-0.4, -0.2) is 29.1 Å². The van der Waals surface area contributed by atoms with Crippen LogP contribution in [0, 0.1) is 0 Å². The van der Waals surface area contributed by atoms with Gasteiger partial charge in [0.05, 0.1) is 38.5 Å². The Balaban J connectivity index is 1.03. The lowest BCUT2D eigenvalue weighted by Crippen LogP contribution is -2.07. The molecule has 0 unspecified atom stereocenters. The number of hydrogen-bond acceptors (Lipinski definition) is 5. The summed E-state index contributed by atoms with van der Waals surface area (Å²) in [6.45, 7) is 0. The van der Waals surface area contributed by atoms with E-state index in [9.17, 15) is 0 Å². The fourth-order valence-corrected chi connectivity index (χ4v) is 10.3. The lowest BCUT2D eigenvalue weighted by atomic mass is 9.94. The Kier molecular flexibility index (Phi) is 8.75. The molecule has 0 radical (unpaired) electrons. The van der Waals surface area contributed by atoms with E-state index in [-0.39, 0.29) is 0 Å². The number of para-hydroxylation sites is 3. The minimum Gasteiger partial charge on any atom is -0.438 e. The fourth-order valence-electron chi connectivity index (χ4n) is 10.3. The highest BCUT2D eigenvalue weighted by Crippen LogP contribution is 2.42.